The molecule has 0 aliphatic carbocycles. The van der Waals surface area contributed by atoms with E-state index in [0.29, 0.717) is 29.5 Å². The van der Waals surface area contributed by atoms with E-state index in [1.807, 2.05) is 0 Å². The summed E-state index contributed by atoms with van der Waals surface area (Å²) >= 11 is 0. The van der Waals surface area contributed by atoms with Crippen LogP contribution >= 0.6 is 0 Å². The predicted octanol–water partition coefficient (Wildman–Crippen LogP) is 1.18. The number of benzene rings is 1. The molecule has 96 valence electrons. The van der Waals surface area contributed by atoms with Crippen LogP contribution in [0.25, 0.3) is 0 Å². The van der Waals surface area contributed by atoms with Gasteiger partial charge in [0.1, 0.15) is 0 Å². The molecule has 0 bridgehead atoms. The Hall–Kier alpha value is -1.75. The van der Waals surface area contributed by atoms with Gasteiger partial charge in [-0.2, -0.15) is 0 Å². The van der Waals surface area contributed by atoms with Crippen molar-refractivity contribution < 1.29 is 19.0 Å². The fourth-order valence-electron chi connectivity index (χ4n) is 2.12. The minimum Gasteiger partial charge on any atom is -0.454 e. The number of carbonyl (C=O) groups is 1. The van der Waals surface area contributed by atoms with Crippen LogP contribution in [0, 0.1) is 5.92 Å². The van der Waals surface area contributed by atoms with Crippen molar-refractivity contribution in [2.24, 2.45) is 5.92 Å². The molecular formula is C13H15NO4. The number of nitrogens with one attached hydrogen (secondary N) is 1. The zero-order chi connectivity index (χ0) is 12.4. The number of fused-ring (bicyclic) bond motifs is 1. The van der Waals surface area contributed by atoms with Gasteiger partial charge < -0.3 is 19.5 Å². The van der Waals surface area contributed by atoms with Gasteiger partial charge in [0.2, 0.25) is 6.79 Å². The van der Waals surface area contributed by atoms with E-state index in [4.69, 9.17) is 14.2 Å². The largest absolute Gasteiger partial charge is 0.454 e. The van der Waals surface area contributed by atoms with Crippen molar-refractivity contribution in [2.75, 3.05) is 26.6 Å². The van der Waals surface area contributed by atoms with Crippen molar-refractivity contribution in [3.8, 4) is 11.5 Å². The van der Waals surface area contributed by atoms with E-state index >= 15 is 0 Å². The van der Waals surface area contributed by atoms with Gasteiger partial charge in [-0.3, -0.25) is 4.79 Å². The third-order valence-corrected chi connectivity index (χ3v) is 3.21. The third-order valence-electron chi connectivity index (χ3n) is 3.21. The van der Waals surface area contributed by atoms with Crippen LogP contribution in [0.2, 0.25) is 0 Å². The Bertz CT molecular complexity index is 454. The lowest BCUT2D eigenvalue weighted by molar-refractivity contribution is 0.0944. The molecule has 1 N–H and O–H groups in total. The van der Waals surface area contributed by atoms with Gasteiger partial charge in [-0.1, -0.05) is 0 Å². The van der Waals surface area contributed by atoms with Crippen LogP contribution in [0.1, 0.15) is 16.8 Å². The Morgan fingerprint density at radius 2 is 2.22 bits per heavy atom. The molecule has 3 rings (SSSR count). The first-order chi connectivity index (χ1) is 8.83. The van der Waals surface area contributed by atoms with Crippen LogP contribution in [0.15, 0.2) is 18.2 Å². The Morgan fingerprint density at radius 3 is 3.06 bits per heavy atom. The molecule has 5 heteroatoms. The first kappa shape index (κ1) is 11.3. The lowest BCUT2D eigenvalue weighted by Crippen LogP contribution is -2.29. The molecule has 1 unspecified atom stereocenters. The summed E-state index contributed by atoms with van der Waals surface area (Å²) in [6.45, 7) is 2.42. The van der Waals surface area contributed by atoms with Crippen molar-refractivity contribution >= 4 is 5.91 Å². The number of hydrogen-bond acceptors (Lipinski definition) is 4. The van der Waals surface area contributed by atoms with E-state index in [1.54, 1.807) is 18.2 Å². The summed E-state index contributed by atoms with van der Waals surface area (Å²) in [4.78, 5) is 12.0. The second-order valence-electron chi connectivity index (χ2n) is 4.51. The fraction of sp³-hybridized carbons (Fsp3) is 0.462. The van der Waals surface area contributed by atoms with Gasteiger partial charge in [0, 0.05) is 24.6 Å². The predicted molar refractivity (Wildman–Crippen MR) is 63.8 cm³/mol. The van der Waals surface area contributed by atoms with Crippen LogP contribution < -0.4 is 14.8 Å². The summed E-state index contributed by atoms with van der Waals surface area (Å²) in [5.41, 5.74) is 0.596. The maximum absolute atomic E-state index is 12.0. The Morgan fingerprint density at radius 1 is 1.33 bits per heavy atom. The summed E-state index contributed by atoms with van der Waals surface area (Å²) < 4.78 is 15.7. The van der Waals surface area contributed by atoms with Gasteiger partial charge in [0.25, 0.3) is 5.91 Å². The van der Waals surface area contributed by atoms with Gasteiger partial charge >= 0.3 is 0 Å². The molecule has 2 aliphatic rings. The van der Waals surface area contributed by atoms with Gasteiger partial charge in [-0.25, -0.2) is 0 Å². The van der Waals surface area contributed by atoms with Crippen LogP contribution in [0.3, 0.4) is 0 Å². The normalized spacial score (nSPS) is 21.0. The highest BCUT2D eigenvalue weighted by Gasteiger charge is 2.19. The minimum atomic E-state index is -0.0831. The molecule has 1 atom stereocenters. The average Bonchev–Trinajstić information content (AvgIpc) is 3.05. The van der Waals surface area contributed by atoms with Crippen molar-refractivity contribution in [3.63, 3.8) is 0 Å². The summed E-state index contributed by atoms with van der Waals surface area (Å²) in [7, 11) is 0. The number of ether oxygens (including phenoxy) is 3. The summed E-state index contributed by atoms with van der Waals surface area (Å²) in [5, 5.41) is 2.92. The second-order valence-corrected chi connectivity index (χ2v) is 4.51. The maximum Gasteiger partial charge on any atom is 0.251 e. The molecule has 1 amide bonds. The highest BCUT2D eigenvalue weighted by molar-refractivity contribution is 5.94. The van der Waals surface area contributed by atoms with Crippen LogP contribution in [0.4, 0.5) is 0 Å². The SMILES string of the molecule is O=C(NCC1CCOC1)c1ccc2c(c1)OCO2. The van der Waals surface area contributed by atoms with E-state index in [1.165, 1.54) is 0 Å². The molecule has 0 saturated carbocycles. The van der Waals surface area contributed by atoms with Crippen LogP contribution in [-0.4, -0.2) is 32.5 Å². The first-order valence-corrected chi connectivity index (χ1v) is 6.08. The zero-order valence-corrected chi connectivity index (χ0v) is 9.98. The van der Waals surface area contributed by atoms with E-state index < -0.39 is 0 Å². The molecule has 1 fully saturated rings. The molecule has 1 aromatic carbocycles. The molecule has 5 nitrogen and oxygen atoms in total. The van der Waals surface area contributed by atoms with E-state index in [2.05, 4.69) is 5.32 Å². The molecule has 1 saturated heterocycles. The smallest absolute Gasteiger partial charge is 0.251 e. The standard InChI is InChI=1S/C13H15NO4/c15-13(14-6-9-3-4-16-7-9)10-1-2-11-12(5-10)18-8-17-11/h1-2,5,9H,3-4,6-8H2,(H,14,15). The van der Waals surface area contributed by atoms with E-state index in [0.717, 1.165) is 19.6 Å². The monoisotopic (exact) mass is 249 g/mol. The molecule has 0 spiro atoms. The fourth-order valence-corrected chi connectivity index (χ4v) is 2.12. The average molecular weight is 249 g/mol. The Kier molecular flexibility index (Phi) is 3.06. The van der Waals surface area contributed by atoms with Crippen molar-refractivity contribution in [1.82, 2.24) is 5.32 Å². The molecule has 2 heterocycles. The molecular weight excluding hydrogens is 234 g/mol. The van der Waals surface area contributed by atoms with Crippen molar-refractivity contribution in [2.45, 2.75) is 6.42 Å². The maximum atomic E-state index is 12.0. The zero-order valence-electron chi connectivity index (χ0n) is 9.98. The Balaban J connectivity index is 1.61. The highest BCUT2D eigenvalue weighted by atomic mass is 16.7. The van der Waals surface area contributed by atoms with Gasteiger partial charge in [0.05, 0.1) is 6.61 Å². The molecule has 2 aliphatic heterocycles. The van der Waals surface area contributed by atoms with Crippen LogP contribution in [0.5, 0.6) is 11.5 Å². The van der Waals surface area contributed by atoms with E-state index in [9.17, 15) is 4.79 Å². The van der Waals surface area contributed by atoms with E-state index in [-0.39, 0.29) is 12.7 Å². The van der Waals surface area contributed by atoms with Gasteiger partial charge in [-0.15, -0.1) is 0 Å². The third kappa shape index (κ3) is 2.26. The summed E-state index contributed by atoms with van der Waals surface area (Å²) in [6, 6.07) is 5.22. The number of rotatable bonds is 3. The lowest BCUT2D eigenvalue weighted by Gasteiger charge is -2.09. The number of hydrogen-bond donors (Lipinski definition) is 1. The number of carbonyl (C=O) groups excluding carboxylic acids is 1. The van der Waals surface area contributed by atoms with Crippen LogP contribution in [-0.2, 0) is 4.74 Å². The Labute approximate surface area is 105 Å². The summed E-state index contributed by atoms with van der Waals surface area (Å²) in [5.74, 6) is 1.67. The highest BCUT2D eigenvalue weighted by Crippen LogP contribution is 2.32. The van der Waals surface area contributed by atoms with Gasteiger partial charge in [0.15, 0.2) is 11.5 Å². The minimum absolute atomic E-state index is 0.0831. The second kappa shape index (κ2) is 4.86. The quantitative estimate of drug-likeness (QED) is 0.874. The van der Waals surface area contributed by atoms with Crippen molar-refractivity contribution in [1.29, 1.82) is 0 Å². The topological polar surface area (TPSA) is 56.8 Å². The molecule has 1 aromatic rings. The molecule has 0 aromatic heterocycles. The molecule has 18 heavy (non-hydrogen) atoms. The van der Waals surface area contributed by atoms with Gasteiger partial charge in [-0.05, 0) is 24.6 Å². The lowest BCUT2D eigenvalue weighted by atomic mass is 10.1. The molecule has 0 radical (unpaired) electrons. The number of amides is 1. The summed E-state index contributed by atoms with van der Waals surface area (Å²) in [6.07, 6.45) is 1.02. The first-order valence-electron chi connectivity index (χ1n) is 6.08. The van der Waals surface area contributed by atoms with Crippen molar-refractivity contribution in [3.05, 3.63) is 23.8 Å².